The van der Waals surface area contributed by atoms with Crippen molar-refractivity contribution >= 4 is 0 Å². The Labute approximate surface area is 113 Å². The highest BCUT2D eigenvalue weighted by Gasteiger charge is 1.93. The first-order valence-corrected chi connectivity index (χ1v) is 7.92. The van der Waals surface area contributed by atoms with Crippen LogP contribution in [-0.2, 0) is 0 Å². The molecule has 0 fully saturated rings. The molecule has 0 spiro atoms. The Balaban J connectivity index is 2.92. The Morgan fingerprint density at radius 2 is 1.06 bits per heavy atom. The summed E-state index contributed by atoms with van der Waals surface area (Å²) in [6, 6.07) is 0. The molecule has 0 aromatic carbocycles. The average Bonchev–Trinajstić information content (AvgIpc) is 2.39. The smallest absolute Gasteiger partial charge is 0.0257 e. The largest absolute Gasteiger partial charge is 0.0940 e. The van der Waals surface area contributed by atoms with E-state index in [0.717, 1.165) is 6.42 Å². The maximum Gasteiger partial charge on any atom is 0.0257 e. The van der Waals surface area contributed by atoms with E-state index in [1.165, 1.54) is 77.0 Å². The molecule has 0 N–H and O–H groups in total. The Bertz CT molecular complexity index is 198. The zero-order valence-electron chi connectivity index (χ0n) is 12.2. The number of nitrogens with zero attached hydrogens (tertiary/aromatic N) is 3. The summed E-state index contributed by atoms with van der Waals surface area (Å²) in [7, 11) is 0. The molecule has 0 radical (unpaired) electrons. The van der Waals surface area contributed by atoms with Gasteiger partial charge in [-0.05, 0) is 12.0 Å². The van der Waals surface area contributed by atoms with Gasteiger partial charge in [-0.1, -0.05) is 89.1 Å². The molecule has 0 aromatic heterocycles. The van der Waals surface area contributed by atoms with Crippen molar-refractivity contribution < 1.29 is 0 Å². The van der Waals surface area contributed by atoms with E-state index >= 15 is 0 Å². The van der Waals surface area contributed by atoms with E-state index in [4.69, 9.17) is 5.53 Å². The molecule has 0 saturated carbocycles. The third kappa shape index (κ3) is 15.3. The minimum atomic E-state index is 0.675. The third-order valence-corrected chi connectivity index (χ3v) is 3.42. The zero-order chi connectivity index (χ0) is 13.3. The van der Waals surface area contributed by atoms with Crippen molar-refractivity contribution in [1.82, 2.24) is 0 Å². The summed E-state index contributed by atoms with van der Waals surface area (Å²) >= 11 is 0. The molecule has 0 atom stereocenters. The fraction of sp³-hybridized carbons (Fsp3) is 1.00. The molecule has 0 aliphatic carbocycles. The molecule has 3 heteroatoms. The summed E-state index contributed by atoms with van der Waals surface area (Å²) in [6.07, 6.45) is 17.6. The molecule has 18 heavy (non-hydrogen) atoms. The molecule has 3 nitrogen and oxygen atoms in total. The molecule has 0 aliphatic rings. The normalized spacial score (nSPS) is 10.3. The Kier molecular flexibility index (Phi) is 15.7. The number of rotatable bonds is 14. The minimum absolute atomic E-state index is 0.675. The molecular formula is C15H31N3. The van der Waals surface area contributed by atoms with Gasteiger partial charge in [0, 0.05) is 11.5 Å². The van der Waals surface area contributed by atoms with Gasteiger partial charge < -0.3 is 0 Å². The van der Waals surface area contributed by atoms with Crippen molar-refractivity contribution in [3.8, 4) is 0 Å². The van der Waals surface area contributed by atoms with Crippen LogP contribution in [0.4, 0.5) is 0 Å². The second-order valence-electron chi connectivity index (χ2n) is 5.20. The molecule has 0 rings (SSSR count). The van der Waals surface area contributed by atoms with Crippen LogP contribution in [0.25, 0.3) is 10.4 Å². The van der Waals surface area contributed by atoms with Gasteiger partial charge in [-0.3, -0.25) is 0 Å². The lowest BCUT2D eigenvalue weighted by atomic mass is 10.0. The molecule has 0 aliphatic heterocycles. The Morgan fingerprint density at radius 1 is 0.667 bits per heavy atom. The molecule has 0 saturated heterocycles. The van der Waals surface area contributed by atoms with Gasteiger partial charge in [0.1, 0.15) is 0 Å². The van der Waals surface area contributed by atoms with Gasteiger partial charge in [0.15, 0.2) is 0 Å². The average molecular weight is 253 g/mol. The predicted molar refractivity (Wildman–Crippen MR) is 79.7 cm³/mol. The number of unbranched alkanes of at least 4 members (excludes halogenated alkanes) is 12. The fourth-order valence-corrected chi connectivity index (χ4v) is 2.25. The highest BCUT2D eigenvalue weighted by molar-refractivity contribution is 4.50. The SMILES string of the molecule is CCCCCCCCCCCCCCCN=[N+]=[N-]. The number of azide groups is 1. The summed E-state index contributed by atoms with van der Waals surface area (Å²) in [5, 5.41) is 3.54. The van der Waals surface area contributed by atoms with Crippen LogP contribution in [0.5, 0.6) is 0 Å². The first-order valence-electron chi connectivity index (χ1n) is 7.92. The Hall–Kier alpha value is -0.690. The van der Waals surface area contributed by atoms with Gasteiger partial charge >= 0.3 is 0 Å². The van der Waals surface area contributed by atoms with Crippen molar-refractivity contribution in [3.05, 3.63) is 10.4 Å². The van der Waals surface area contributed by atoms with Crippen LogP contribution in [0.1, 0.15) is 90.4 Å². The van der Waals surface area contributed by atoms with E-state index < -0.39 is 0 Å². The minimum Gasteiger partial charge on any atom is -0.0940 e. The highest BCUT2D eigenvalue weighted by atomic mass is 15.1. The van der Waals surface area contributed by atoms with Gasteiger partial charge in [-0.15, -0.1) is 0 Å². The van der Waals surface area contributed by atoms with Crippen LogP contribution in [-0.4, -0.2) is 6.54 Å². The highest BCUT2D eigenvalue weighted by Crippen LogP contribution is 2.12. The fourth-order valence-electron chi connectivity index (χ4n) is 2.25. The Morgan fingerprint density at radius 3 is 1.44 bits per heavy atom. The van der Waals surface area contributed by atoms with Crippen LogP contribution in [0, 0.1) is 0 Å². The van der Waals surface area contributed by atoms with Gasteiger partial charge in [-0.2, -0.15) is 0 Å². The van der Waals surface area contributed by atoms with Crippen molar-refractivity contribution in [1.29, 1.82) is 0 Å². The molecule has 0 bridgehead atoms. The zero-order valence-corrected chi connectivity index (χ0v) is 12.2. The molecule has 0 unspecified atom stereocenters. The van der Waals surface area contributed by atoms with E-state index in [1.54, 1.807) is 0 Å². The number of hydrogen-bond donors (Lipinski definition) is 0. The molecule has 0 amide bonds. The van der Waals surface area contributed by atoms with Gasteiger partial charge in [0.05, 0.1) is 0 Å². The summed E-state index contributed by atoms with van der Waals surface area (Å²) in [5.74, 6) is 0. The van der Waals surface area contributed by atoms with E-state index in [-0.39, 0.29) is 0 Å². The molecule has 0 heterocycles. The topological polar surface area (TPSA) is 48.8 Å². The van der Waals surface area contributed by atoms with Crippen LogP contribution >= 0.6 is 0 Å². The quantitative estimate of drug-likeness (QED) is 0.149. The standard InChI is InChI=1S/C15H31N3/c1-2-3-4-5-6-7-8-9-10-11-12-13-14-15-17-18-16/h2-15H2,1H3. The van der Waals surface area contributed by atoms with E-state index in [0.29, 0.717) is 6.54 Å². The lowest BCUT2D eigenvalue weighted by Gasteiger charge is -2.02. The summed E-state index contributed by atoms with van der Waals surface area (Å²) < 4.78 is 0. The maximum atomic E-state index is 8.12. The first-order chi connectivity index (χ1) is 8.91. The van der Waals surface area contributed by atoms with Crippen molar-refractivity contribution in [2.45, 2.75) is 90.4 Å². The second-order valence-corrected chi connectivity index (χ2v) is 5.20. The number of hydrogen-bond acceptors (Lipinski definition) is 1. The lowest BCUT2D eigenvalue weighted by molar-refractivity contribution is 0.540. The molecule has 0 aromatic rings. The van der Waals surface area contributed by atoms with E-state index in [1.807, 2.05) is 0 Å². The van der Waals surface area contributed by atoms with Crippen LogP contribution in [0.15, 0.2) is 5.11 Å². The predicted octanol–water partition coefficient (Wildman–Crippen LogP) is 6.39. The van der Waals surface area contributed by atoms with Crippen molar-refractivity contribution in [2.75, 3.05) is 6.54 Å². The summed E-state index contributed by atoms with van der Waals surface area (Å²) in [5.41, 5.74) is 8.12. The van der Waals surface area contributed by atoms with Crippen LogP contribution < -0.4 is 0 Å². The van der Waals surface area contributed by atoms with E-state index in [9.17, 15) is 0 Å². The lowest BCUT2D eigenvalue weighted by Crippen LogP contribution is -1.84. The van der Waals surface area contributed by atoms with Gasteiger partial charge in [0.25, 0.3) is 0 Å². The molecule has 106 valence electrons. The van der Waals surface area contributed by atoms with Crippen molar-refractivity contribution in [2.24, 2.45) is 5.11 Å². The maximum absolute atomic E-state index is 8.12. The van der Waals surface area contributed by atoms with Crippen molar-refractivity contribution in [3.63, 3.8) is 0 Å². The third-order valence-electron chi connectivity index (χ3n) is 3.42. The first kappa shape index (κ1) is 17.3. The monoisotopic (exact) mass is 253 g/mol. The molecular weight excluding hydrogens is 222 g/mol. The van der Waals surface area contributed by atoms with Crippen LogP contribution in [0.3, 0.4) is 0 Å². The van der Waals surface area contributed by atoms with E-state index in [2.05, 4.69) is 16.9 Å². The second kappa shape index (κ2) is 16.3. The van der Waals surface area contributed by atoms with Gasteiger partial charge in [0.2, 0.25) is 0 Å². The summed E-state index contributed by atoms with van der Waals surface area (Å²) in [6.45, 7) is 2.95. The summed E-state index contributed by atoms with van der Waals surface area (Å²) in [4.78, 5) is 2.75. The van der Waals surface area contributed by atoms with Crippen LogP contribution in [0.2, 0.25) is 0 Å². The van der Waals surface area contributed by atoms with Gasteiger partial charge in [-0.25, -0.2) is 0 Å².